The molecule has 0 fully saturated rings. The van der Waals surface area contributed by atoms with Gasteiger partial charge in [0.1, 0.15) is 5.75 Å². The quantitative estimate of drug-likeness (QED) is 0.898. The van der Waals surface area contributed by atoms with Crippen molar-refractivity contribution >= 4 is 17.5 Å². The number of carbonyl (C=O) groups is 1. The standard InChI is InChI=1S/C15H22ClNO2/c1-9(2)12(5)17-14(18)8-19-13-6-10(3)15(16)11(4)7-13/h6-7,9,12H,8H2,1-5H3,(H,17,18). The van der Waals surface area contributed by atoms with Gasteiger partial charge in [-0.1, -0.05) is 25.4 Å². The molecule has 0 saturated carbocycles. The fraction of sp³-hybridized carbons (Fsp3) is 0.533. The van der Waals surface area contributed by atoms with Gasteiger partial charge in [-0.2, -0.15) is 0 Å². The minimum atomic E-state index is -0.105. The molecule has 0 bridgehead atoms. The summed E-state index contributed by atoms with van der Waals surface area (Å²) in [6.07, 6.45) is 0. The van der Waals surface area contributed by atoms with Gasteiger partial charge in [0.2, 0.25) is 0 Å². The monoisotopic (exact) mass is 283 g/mol. The first kappa shape index (κ1) is 15.8. The number of halogens is 1. The van der Waals surface area contributed by atoms with E-state index in [1.807, 2.05) is 32.9 Å². The van der Waals surface area contributed by atoms with Crippen LogP contribution in [-0.2, 0) is 4.79 Å². The van der Waals surface area contributed by atoms with E-state index >= 15 is 0 Å². The summed E-state index contributed by atoms with van der Waals surface area (Å²) in [6.45, 7) is 9.98. The summed E-state index contributed by atoms with van der Waals surface area (Å²) in [5.41, 5.74) is 1.90. The summed E-state index contributed by atoms with van der Waals surface area (Å²) in [5.74, 6) is 0.974. The Morgan fingerprint density at radius 3 is 2.26 bits per heavy atom. The lowest BCUT2D eigenvalue weighted by Crippen LogP contribution is -2.38. The van der Waals surface area contributed by atoms with Crippen molar-refractivity contribution in [3.05, 3.63) is 28.3 Å². The van der Waals surface area contributed by atoms with Crippen molar-refractivity contribution in [3.8, 4) is 5.75 Å². The molecule has 0 saturated heterocycles. The Morgan fingerprint density at radius 2 is 1.79 bits per heavy atom. The van der Waals surface area contributed by atoms with Gasteiger partial charge in [0.05, 0.1) is 0 Å². The Bertz CT molecular complexity index is 434. The second-order valence-electron chi connectivity index (χ2n) is 5.26. The Balaban J connectivity index is 2.55. The maximum absolute atomic E-state index is 11.7. The van der Waals surface area contributed by atoms with Gasteiger partial charge in [0.15, 0.2) is 6.61 Å². The van der Waals surface area contributed by atoms with E-state index in [1.165, 1.54) is 0 Å². The van der Waals surface area contributed by atoms with Crippen molar-refractivity contribution in [2.75, 3.05) is 6.61 Å². The number of carbonyl (C=O) groups excluding carboxylic acids is 1. The topological polar surface area (TPSA) is 38.3 Å². The van der Waals surface area contributed by atoms with Gasteiger partial charge >= 0.3 is 0 Å². The average molecular weight is 284 g/mol. The Morgan fingerprint density at radius 1 is 1.26 bits per heavy atom. The molecule has 106 valence electrons. The van der Waals surface area contributed by atoms with Gasteiger partial charge in [0, 0.05) is 11.1 Å². The minimum Gasteiger partial charge on any atom is -0.484 e. The molecule has 0 spiro atoms. The summed E-state index contributed by atoms with van der Waals surface area (Å²) in [6, 6.07) is 3.83. The predicted octanol–water partition coefficient (Wildman–Crippen LogP) is 3.50. The van der Waals surface area contributed by atoms with E-state index in [0.29, 0.717) is 11.7 Å². The molecule has 0 aromatic heterocycles. The summed E-state index contributed by atoms with van der Waals surface area (Å²) in [4.78, 5) is 11.7. The molecule has 1 unspecified atom stereocenters. The van der Waals surface area contributed by atoms with Crippen LogP contribution in [0.15, 0.2) is 12.1 Å². The second-order valence-corrected chi connectivity index (χ2v) is 5.64. The molecule has 0 aliphatic heterocycles. The highest BCUT2D eigenvalue weighted by Gasteiger charge is 2.11. The number of benzene rings is 1. The van der Waals surface area contributed by atoms with E-state index < -0.39 is 0 Å². The van der Waals surface area contributed by atoms with Crippen LogP contribution >= 0.6 is 11.6 Å². The SMILES string of the molecule is Cc1cc(OCC(=O)NC(C)C(C)C)cc(C)c1Cl. The normalized spacial score (nSPS) is 12.4. The molecule has 4 heteroatoms. The third-order valence-electron chi connectivity index (χ3n) is 3.17. The zero-order valence-electron chi connectivity index (χ0n) is 12.2. The van der Waals surface area contributed by atoms with Gasteiger partial charge in [0.25, 0.3) is 5.91 Å². The lowest BCUT2D eigenvalue weighted by molar-refractivity contribution is -0.124. The Hall–Kier alpha value is -1.22. The van der Waals surface area contributed by atoms with Crippen LogP contribution in [0, 0.1) is 19.8 Å². The Kier molecular flexibility index (Phi) is 5.67. The van der Waals surface area contributed by atoms with Gasteiger partial charge in [-0.25, -0.2) is 0 Å². The fourth-order valence-electron chi connectivity index (χ4n) is 1.60. The van der Waals surface area contributed by atoms with E-state index in [0.717, 1.165) is 16.1 Å². The Labute approximate surface area is 120 Å². The molecule has 1 N–H and O–H groups in total. The number of hydrogen-bond acceptors (Lipinski definition) is 2. The van der Waals surface area contributed by atoms with Crippen LogP contribution in [0.1, 0.15) is 31.9 Å². The summed E-state index contributed by atoms with van der Waals surface area (Å²) in [5, 5.41) is 3.64. The minimum absolute atomic E-state index is 0.0254. The van der Waals surface area contributed by atoms with Crippen LogP contribution in [0.25, 0.3) is 0 Å². The molecule has 1 aromatic carbocycles. The van der Waals surface area contributed by atoms with Crippen molar-refractivity contribution in [1.82, 2.24) is 5.32 Å². The van der Waals surface area contributed by atoms with Gasteiger partial charge in [-0.3, -0.25) is 4.79 Å². The van der Waals surface area contributed by atoms with E-state index in [4.69, 9.17) is 16.3 Å². The predicted molar refractivity (Wildman–Crippen MR) is 78.9 cm³/mol. The molecular weight excluding hydrogens is 262 g/mol. The number of amides is 1. The molecule has 3 nitrogen and oxygen atoms in total. The second kappa shape index (κ2) is 6.80. The molecule has 0 radical (unpaired) electrons. The number of aryl methyl sites for hydroxylation is 2. The molecule has 1 rings (SSSR count). The maximum atomic E-state index is 11.7. The van der Waals surface area contributed by atoms with Crippen molar-refractivity contribution < 1.29 is 9.53 Å². The van der Waals surface area contributed by atoms with Crippen molar-refractivity contribution in [3.63, 3.8) is 0 Å². The highest BCUT2D eigenvalue weighted by molar-refractivity contribution is 6.32. The smallest absolute Gasteiger partial charge is 0.258 e. The largest absolute Gasteiger partial charge is 0.484 e. The fourth-order valence-corrected chi connectivity index (χ4v) is 1.71. The van der Waals surface area contributed by atoms with Crippen LogP contribution in [-0.4, -0.2) is 18.6 Å². The molecule has 0 aliphatic carbocycles. The zero-order valence-corrected chi connectivity index (χ0v) is 13.0. The van der Waals surface area contributed by atoms with E-state index in [2.05, 4.69) is 19.2 Å². The van der Waals surface area contributed by atoms with Crippen molar-refractivity contribution in [1.29, 1.82) is 0 Å². The lowest BCUT2D eigenvalue weighted by Gasteiger charge is -2.17. The van der Waals surface area contributed by atoms with Crippen LogP contribution in [0.5, 0.6) is 5.75 Å². The maximum Gasteiger partial charge on any atom is 0.258 e. The molecule has 0 aliphatic rings. The molecule has 1 amide bonds. The van der Waals surface area contributed by atoms with Gasteiger partial charge in [-0.05, 0) is 49.9 Å². The zero-order chi connectivity index (χ0) is 14.6. The molecule has 19 heavy (non-hydrogen) atoms. The molecule has 0 heterocycles. The first-order chi connectivity index (χ1) is 8.81. The van der Waals surface area contributed by atoms with E-state index in [1.54, 1.807) is 0 Å². The van der Waals surface area contributed by atoms with Gasteiger partial charge in [-0.15, -0.1) is 0 Å². The molecule has 1 aromatic rings. The molecule has 1 atom stereocenters. The third-order valence-corrected chi connectivity index (χ3v) is 3.76. The number of rotatable bonds is 5. The molecular formula is C15H22ClNO2. The van der Waals surface area contributed by atoms with Crippen LogP contribution in [0.4, 0.5) is 0 Å². The number of ether oxygens (including phenoxy) is 1. The third kappa shape index (κ3) is 4.75. The summed E-state index contributed by atoms with van der Waals surface area (Å²) < 4.78 is 5.49. The first-order valence-corrected chi connectivity index (χ1v) is 6.88. The van der Waals surface area contributed by atoms with Crippen LogP contribution in [0.3, 0.4) is 0 Å². The van der Waals surface area contributed by atoms with Crippen molar-refractivity contribution in [2.45, 2.75) is 40.7 Å². The average Bonchev–Trinajstić information content (AvgIpc) is 2.33. The van der Waals surface area contributed by atoms with E-state index in [-0.39, 0.29) is 18.6 Å². The number of hydrogen-bond donors (Lipinski definition) is 1. The highest BCUT2D eigenvalue weighted by Crippen LogP contribution is 2.25. The van der Waals surface area contributed by atoms with Gasteiger partial charge < -0.3 is 10.1 Å². The van der Waals surface area contributed by atoms with Crippen LogP contribution < -0.4 is 10.1 Å². The summed E-state index contributed by atoms with van der Waals surface area (Å²) >= 11 is 6.08. The highest BCUT2D eigenvalue weighted by atomic mass is 35.5. The number of nitrogens with one attached hydrogen (secondary N) is 1. The summed E-state index contributed by atoms with van der Waals surface area (Å²) in [7, 11) is 0. The van der Waals surface area contributed by atoms with E-state index in [9.17, 15) is 4.79 Å². The van der Waals surface area contributed by atoms with Crippen LogP contribution in [0.2, 0.25) is 5.02 Å². The lowest BCUT2D eigenvalue weighted by atomic mass is 10.1. The first-order valence-electron chi connectivity index (χ1n) is 6.50. The van der Waals surface area contributed by atoms with Crippen molar-refractivity contribution in [2.24, 2.45) is 5.92 Å².